The third-order valence-electron chi connectivity index (χ3n) is 2.85. The average Bonchev–Trinajstić information content (AvgIpc) is 2.36. The van der Waals surface area contributed by atoms with Crippen molar-refractivity contribution >= 4 is 13.5 Å². The molecule has 1 N–H and O–H groups in total. The largest absolute Gasteiger partial charge is 0.340 e. The molecule has 0 rings (SSSR count). The minimum atomic E-state index is -3.37. The molecule has 0 aliphatic carbocycles. The fraction of sp³-hybridized carbons (Fsp3) is 0.769. The van der Waals surface area contributed by atoms with Gasteiger partial charge in [-0.3, -0.25) is 9.36 Å². The molecule has 0 fully saturated rings. The molecular formula is C13H24NO4P. The van der Waals surface area contributed by atoms with Crippen LogP contribution in [0.25, 0.3) is 0 Å². The first-order valence-electron chi connectivity index (χ1n) is 6.57. The number of amides is 1. The highest BCUT2D eigenvalue weighted by Crippen LogP contribution is 2.47. The number of hydrogen-bond acceptors (Lipinski definition) is 4. The SMILES string of the molecule is C#CC(CC)(CC)NC(=O)CP(=O)(OCC)OCC. The Morgan fingerprint density at radius 1 is 1.21 bits per heavy atom. The van der Waals surface area contributed by atoms with Gasteiger partial charge in [-0.15, -0.1) is 6.42 Å². The van der Waals surface area contributed by atoms with Crippen molar-refractivity contribution in [3.63, 3.8) is 0 Å². The van der Waals surface area contributed by atoms with E-state index < -0.39 is 19.0 Å². The molecule has 110 valence electrons. The third-order valence-corrected chi connectivity index (χ3v) is 4.83. The predicted molar refractivity (Wildman–Crippen MR) is 76.0 cm³/mol. The van der Waals surface area contributed by atoms with Gasteiger partial charge in [-0.05, 0) is 26.7 Å². The van der Waals surface area contributed by atoms with Crippen LogP contribution < -0.4 is 5.32 Å². The Kier molecular flexibility index (Phi) is 8.01. The molecule has 19 heavy (non-hydrogen) atoms. The van der Waals surface area contributed by atoms with Crippen molar-refractivity contribution in [3.05, 3.63) is 0 Å². The first-order chi connectivity index (χ1) is 8.90. The van der Waals surface area contributed by atoms with E-state index in [1.54, 1.807) is 13.8 Å². The molecule has 0 aromatic rings. The normalized spacial score (nSPS) is 11.9. The van der Waals surface area contributed by atoms with E-state index in [2.05, 4.69) is 11.2 Å². The Bertz CT molecular complexity index is 361. The Balaban J connectivity index is 4.76. The van der Waals surface area contributed by atoms with Gasteiger partial charge in [0.1, 0.15) is 11.7 Å². The fourth-order valence-electron chi connectivity index (χ4n) is 1.67. The van der Waals surface area contributed by atoms with Gasteiger partial charge < -0.3 is 14.4 Å². The van der Waals surface area contributed by atoms with E-state index in [9.17, 15) is 9.36 Å². The highest BCUT2D eigenvalue weighted by molar-refractivity contribution is 7.54. The van der Waals surface area contributed by atoms with Gasteiger partial charge in [0, 0.05) is 0 Å². The van der Waals surface area contributed by atoms with Crippen LogP contribution >= 0.6 is 7.60 Å². The van der Waals surface area contributed by atoms with E-state index >= 15 is 0 Å². The average molecular weight is 289 g/mol. The minimum Gasteiger partial charge on any atom is -0.339 e. The van der Waals surface area contributed by atoms with Crippen molar-refractivity contribution in [2.24, 2.45) is 0 Å². The van der Waals surface area contributed by atoms with Crippen molar-refractivity contribution in [3.8, 4) is 12.3 Å². The Labute approximate surface area is 116 Å². The highest BCUT2D eigenvalue weighted by atomic mass is 31.2. The van der Waals surface area contributed by atoms with Gasteiger partial charge in [0.25, 0.3) is 0 Å². The monoisotopic (exact) mass is 289 g/mol. The second-order valence-electron chi connectivity index (χ2n) is 4.09. The maximum atomic E-state index is 12.2. The van der Waals surface area contributed by atoms with E-state index in [1.165, 1.54) is 0 Å². The summed E-state index contributed by atoms with van der Waals surface area (Å²) in [5, 5.41) is 2.74. The molecule has 1 amide bonds. The summed E-state index contributed by atoms with van der Waals surface area (Å²) in [6.45, 7) is 7.65. The minimum absolute atomic E-state index is 0.229. The summed E-state index contributed by atoms with van der Waals surface area (Å²) in [6, 6.07) is 0. The molecule has 0 aliphatic rings. The Hall–Kier alpha value is -0.820. The van der Waals surface area contributed by atoms with Crippen LogP contribution in [0.15, 0.2) is 0 Å². The Morgan fingerprint density at radius 3 is 2.00 bits per heavy atom. The molecule has 0 aromatic heterocycles. The topological polar surface area (TPSA) is 64.6 Å². The summed E-state index contributed by atoms with van der Waals surface area (Å²) < 4.78 is 22.4. The zero-order valence-corrected chi connectivity index (χ0v) is 13.1. The molecule has 0 bridgehead atoms. The van der Waals surface area contributed by atoms with Gasteiger partial charge in [0.2, 0.25) is 5.91 Å². The quantitative estimate of drug-likeness (QED) is 0.523. The van der Waals surface area contributed by atoms with E-state index in [0.29, 0.717) is 12.8 Å². The lowest BCUT2D eigenvalue weighted by atomic mass is 9.94. The molecule has 0 aromatic carbocycles. The highest BCUT2D eigenvalue weighted by Gasteiger charge is 2.32. The lowest BCUT2D eigenvalue weighted by Crippen LogP contribution is -2.47. The zero-order valence-electron chi connectivity index (χ0n) is 12.2. The van der Waals surface area contributed by atoms with Gasteiger partial charge in [-0.1, -0.05) is 19.8 Å². The Morgan fingerprint density at radius 2 is 1.68 bits per heavy atom. The van der Waals surface area contributed by atoms with E-state index in [-0.39, 0.29) is 19.4 Å². The van der Waals surface area contributed by atoms with E-state index in [0.717, 1.165) is 0 Å². The van der Waals surface area contributed by atoms with E-state index in [4.69, 9.17) is 15.5 Å². The first-order valence-corrected chi connectivity index (χ1v) is 8.30. The second-order valence-corrected chi connectivity index (χ2v) is 6.14. The van der Waals surface area contributed by atoms with Gasteiger partial charge in [0.05, 0.1) is 13.2 Å². The summed E-state index contributed by atoms with van der Waals surface area (Å²) in [6.07, 6.45) is 6.38. The molecule has 0 saturated carbocycles. The summed E-state index contributed by atoms with van der Waals surface area (Å²) in [7, 11) is -3.37. The van der Waals surface area contributed by atoms with Crippen molar-refractivity contribution in [1.82, 2.24) is 5.32 Å². The standard InChI is InChI=1S/C13H24NO4P/c1-6-13(7-2,8-3)14-12(15)11-19(16,17-9-4)18-10-5/h1H,7-11H2,2-5H3,(H,14,15). The maximum absolute atomic E-state index is 12.2. The lowest BCUT2D eigenvalue weighted by molar-refractivity contribution is -0.120. The molecular weight excluding hydrogens is 265 g/mol. The van der Waals surface area contributed by atoms with Gasteiger partial charge in [-0.25, -0.2) is 0 Å². The fourth-order valence-corrected chi connectivity index (χ4v) is 3.15. The van der Waals surface area contributed by atoms with Crippen LogP contribution in [0.5, 0.6) is 0 Å². The third kappa shape index (κ3) is 5.78. The predicted octanol–water partition coefficient (Wildman–Crippen LogP) is 2.56. The van der Waals surface area contributed by atoms with Crippen molar-refractivity contribution in [1.29, 1.82) is 0 Å². The van der Waals surface area contributed by atoms with Crippen molar-refractivity contribution in [2.45, 2.75) is 46.1 Å². The number of terminal acetylenes is 1. The number of hydrogen-bond donors (Lipinski definition) is 1. The number of carbonyl (C=O) groups excluding carboxylic acids is 1. The van der Waals surface area contributed by atoms with Gasteiger partial charge in [-0.2, -0.15) is 0 Å². The van der Waals surface area contributed by atoms with Crippen LogP contribution in [0.1, 0.15) is 40.5 Å². The number of rotatable bonds is 9. The second kappa shape index (κ2) is 8.37. The molecule has 0 heterocycles. The molecule has 0 saturated heterocycles. The zero-order chi connectivity index (χ0) is 14.9. The molecule has 0 unspecified atom stereocenters. The summed E-state index contributed by atoms with van der Waals surface area (Å²) in [5.74, 6) is 2.18. The van der Waals surface area contributed by atoms with Crippen molar-refractivity contribution in [2.75, 3.05) is 19.4 Å². The van der Waals surface area contributed by atoms with Gasteiger partial charge in [0.15, 0.2) is 0 Å². The van der Waals surface area contributed by atoms with Crippen LogP contribution in [0, 0.1) is 12.3 Å². The molecule has 0 aliphatic heterocycles. The number of carbonyl (C=O) groups is 1. The molecule has 5 nitrogen and oxygen atoms in total. The van der Waals surface area contributed by atoms with Crippen molar-refractivity contribution < 1.29 is 18.4 Å². The number of nitrogens with one attached hydrogen (secondary N) is 1. The molecule has 0 atom stereocenters. The van der Waals surface area contributed by atoms with Crippen LogP contribution in [0.3, 0.4) is 0 Å². The molecule has 0 spiro atoms. The summed E-state index contributed by atoms with van der Waals surface area (Å²) in [4.78, 5) is 12.0. The summed E-state index contributed by atoms with van der Waals surface area (Å²) >= 11 is 0. The first kappa shape index (κ1) is 18.2. The van der Waals surface area contributed by atoms with E-state index in [1.807, 2.05) is 13.8 Å². The van der Waals surface area contributed by atoms with Crippen LogP contribution in [0.4, 0.5) is 0 Å². The lowest BCUT2D eigenvalue weighted by Gasteiger charge is -2.27. The van der Waals surface area contributed by atoms with Crippen LogP contribution in [-0.2, 0) is 18.4 Å². The molecule has 0 radical (unpaired) electrons. The summed E-state index contributed by atoms with van der Waals surface area (Å²) in [5.41, 5.74) is -0.694. The van der Waals surface area contributed by atoms with Crippen LogP contribution in [0.2, 0.25) is 0 Å². The molecule has 6 heteroatoms. The van der Waals surface area contributed by atoms with Gasteiger partial charge >= 0.3 is 7.60 Å². The van der Waals surface area contributed by atoms with Crippen LogP contribution in [-0.4, -0.2) is 30.8 Å². The maximum Gasteiger partial charge on any atom is 0.340 e. The smallest absolute Gasteiger partial charge is 0.339 e.